The standard InChI is InChI=1S/C15H13NOS/c1-11(17)10-16-12-6-2-4-8-14(12)18-15-9-5-3-7-13(15)16/h2-9,17H,1,10H2. The molecule has 0 bridgehead atoms. The first kappa shape index (κ1) is 11.2. The van der Waals surface area contributed by atoms with Crippen molar-refractivity contribution in [3.8, 4) is 0 Å². The van der Waals surface area contributed by atoms with Crippen LogP contribution in [-0.2, 0) is 0 Å². The molecule has 3 rings (SSSR count). The van der Waals surface area contributed by atoms with Gasteiger partial charge in [-0.15, -0.1) is 0 Å². The lowest BCUT2D eigenvalue weighted by atomic mass is 10.2. The lowest BCUT2D eigenvalue weighted by Crippen LogP contribution is -2.22. The van der Waals surface area contributed by atoms with Crippen molar-refractivity contribution in [3.05, 3.63) is 60.9 Å². The second-order valence-corrected chi connectivity index (χ2v) is 5.27. The SMILES string of the molecule is C=C(O)CN1c2ccccc2Sc2ccccc21. The minimum atomic E-state index is 0.173. The molecular weight excluding hydrogens is 242 g/mol. The fourth-order valence-electron chi connectivity index (χ4n) is 2.13. The van der Waals surface area contributed by atoms with E-state index in [1.807, 2.05) is 24.3 Å². The van der Waals surface area contributed by atoms with Gasteiger partial charge in [-0.2, -0.15) is 0 Å². The molecule has 0 atom stereocenters. The van der Waals surface area contributed by atoms with Crippen molar-refractivity contribution in [1.82, 2.24) is 0 Å². The number of anilines is 2. The number of aliphatic hydroxyl groups excluding tert-OH is 1. The summed E-state index contributed by atoms with van der Waals surface area (Å²) in [5.74, 6) is 0.173. The van der Waals surface area contributed by atoms with E-state index in [0.29, 0.717) is 6.54 Å². The van der Waals surface area contributed by atoms with Crippen LogP contribution in [0.3, 0.4) is 0 Å². The first-order chi connectivity index (χ1) is 8.75. The first-order valence-electron chi connectivity index (χ1n) is 5.76. The van der Waals surface area contributed by atoms with Crippen molar-refractivity contribution >= 4 is 23.1 Å². The minimum Gasteiger partial charge on any atom is -0.511 e. The van der Waals surface area contributed by atoms with E-state index in [0.717, 1.165) is 11.4 Å². The average Bonchev–Trinajstić information content (AvgIpc) is 2.38. The molecule has 3 heteroatoms. The molecule has 1 N–H and O–H groups in total. The lowest BCUT2D eigenvalue weighted by Gasteiger charge is -2.32. The molecule has 0 aliphatic carbocycles. The lowest BCUT2D eigenvalue weighted by molar-refractivity contribution is 0.405. The van der Waals surface area contributed by atoms with Gasteiger partial charge in [-0.25, -0.2) is 0 Å². The van der Waals surface area contributed by atoms with Gasteiger partial charge in [0.25, 0.3) is 0 Å². The Labute approximate surface area is 111 Å². The number of benzene rings is 2. The molecule has 1 aliphatic heterocycles. The van der Waals surface area contributed by atoms with Gasteiger partial charge < -0.3 is 10.0 Å². The third-order valence-corrected chi connectivity index (χ3v) is 4.00. The van der Waals surface area contributed by atoms with E-state index in [1.165, 1.54) is 9.79 Å². The molecule has 0 unspecified atom stereocenters. The highest BCUT2D eigenvalue weighted by molar-refractivity contribution is 7.99. The Morgan fingerprint density at radius 3 is 2.00 bits per heavy atom. The first-order valence-corrected chi connectivity index (χ1v) is 6.57. The van der Waals surface area contributed by atoms with Crippen molar-refractivity contribution in [3.63, 3.8) is 0 Å². The zero-order valence-corrected chi connectivity index (χ0v) is 10.7. The van der Waals surface area contributed by atoms with Gasteiger partial charge in [-0.3, -0.25) is 0 Å². The molecule has 18 heavy (non-hydrogen) atoms. The van der Waals surface area contributed by atoms with E-state index >= 15 is 0 Å². The fraction of sp³-hybridized carbons (Fsp3) is 0.0667. The highest BCUT2D eigenvalue weighted by Gasteiger charge is 2.22. The Morgan fingerprint density at radius 1 is 1.00 bits per heavy atom. The molecule has 2 aromatic carbocycles. The summed E-state index contributed by atoms with van der Waals surface area (Å²) >= 11 is 1.76. The molecule has 0 radical (unpaired) electrons. The van der Waals surface area contributed by atoms with Gasteiger partial charge in [0, 0.05) is 9.79 Å². The quantitative estimate of drug-likeness (QED) is 0.806. The molecule has 90 valence electrons. The van der Waals surface area contributed by atoms with Gasteiger partial charge in [0.15, 0.2) is 0 Å². The third-order valence-electron chi connectivity index (χ3n) is 2.87. The summed E-state index contributed by atoms with van der Waals surface area (Å²) in [7, 11) is 0. The smallest absolute Gasteiger partial charge is 0.105 e. The van der Waals surface area contributed by atoms with E-state index in [9.17, 15) is 5.11 Å². The van der Waals surface area contributed by atoms with Crippen LogP contribution < -0.4 is 4.90 Å². The summed E-state index contributed by atoms with van der Waals surface area (Å²) < 4.78 is 0. The van der Waals surface area contributed by atoms with Gasteiger partial charge in [-0.1, -0.05) is 42.6 Å². The normalized spacial score (nSPS) is 12.8. The van der Waals surface area contributed by atoms with E-state index in [1.54, 1.807) is 11.8 Å². The largest absolute Gasteiger partial charge is 0.511 e. The number of rotatable bonds is 2. The molecule has 0 fully saturated rings. The number of fused-ring (bicyclic) bond motifs is 2. The zero-order chi connectivity index (χ0) is 12.5. The van der Waals surface area contributed by atoms with Gasteiger partial charge in [0.05, 0.1) is 17.9 Å². The van der Waals surface area contributed by atoms with Crippen LogP contribution in [-0.4, -0.2) is 11.7 Å². The van der Waals surface area contributed by atoms with E-state index in [-0.39, 0.29) is 5.76 Å². The highest BCUT2D eigenvalue weighted by Crippen LogP contribution is 2.47. The molecule has 0 amide bonds. The van der Waals surface area contributed by atoms with Crippen LogP contribution in [0.25, 0.3) is 0 Å². The van der Waals surface area contributed by atoms with Gasteiger partial charge in [-0.05, 0) is 24.3 Å². The topological polar surface area (TPSA) is 23.5 Å². The van der Waals surface area contributed by atoms with Gasteiger partial charge >= 0.3 is 0 Å². The van der Waals surface area contributed by atoms with Crippen LogP contribution in [0.15, 0.2) is 70.7 Å². The maximum absolute atomic E-state index is 9.51. The minimum absolute atomic E-state index is 0.173. The number of aliphatic hydroxyl groups is 1. The number of nitrogens with zero attached hydrogens (tertiary/aromatic N) is 1. The fourth-order valence-corrected chi connectivity index (χ4v) is 3.23. The Hall–Kier alpha value is -1.87. The van der Waals surface area contributed by atoms with Crippen LogP contribution >= 0.6 is 11.8 Å². The summed E-state index contributed by atoms with van der Waals surface area (Å²) in [5, 5.41) is 9.51. The van der Waals surface area contributed by atoms with E-state index in [4.69, 9.17) is 0 Å². The molecule has 1 aliphatic rings. The number of hydrogen-bond acceptors (Lipinski definition) is 3. The maximum Gasteiger partial charge on any atom is 0.105 e. The molecule has 2 aromatic rings. The molecular formula is C15H13NOS. The van der Waals surface area contributed by atoms with Crippen LogP contribution in [0, 0.1) is 0 Å². The summed E-state index contributed by atoms with van der Waals surface area (Å²) in [6, 6.07) is 16.4. The second-order valence-electron chi connectivity index (χ2n) is 4.19. The van der Waals surface area contributed by atoms with Crippen LogP contribution in [0.1, 0.15) is 0 Å². The Bertz CT molecular complexity index is 563. The monoisotopic (exact) mass is 255 g/mol. The van der Waals surface area contributed by atoms with Crippen molar-refractivity contribution in [2.75, 3.05) is 11.4 Å². The maximum atomic E-state index is 9.51. The molecule has 0 saturated heterocycles. The Morgan fingerprint density at radius 2 is 1.50 bits per heavy atom. The molecule has 0 spiro atoms. The van der Waals surface area contributed by atoms with Crippen molar-refractivity contribution < 1.29 is 5.11 Å². The van der Waals surface area contributed by atoms with Gasteiger partial charge in [0.1, 0.15) is 5.76 Å². The average molecular weight is 255 g/mol. The number of para-hydroxylation sites is 2. The molecule has 0 aromatic heterocycles. The predicted octanol–water partition coefficient (Wildman–Crippen LogP) is 4.36. The predicted molar refractivity (Wildman–Crippen MR) is 75.8 cm³/mol. The van der Waals surface area contributed by atoms with Crippen molar-refractivity contribution in [2.24, 2.45) is 0 Å². The summed E-state index contributed by atoms with van der Waals surface area (Å²) in [6.07, 6.45) is 0. The molecule has 0 saturated carbocycles. The van der Waals surface area contributed by atoms with E-state index in [2.05, 4.69) is 35.7 Å². The van der Waals surface area contributed by atoms with Gasteiger partial charge in [0.2, 0.25) is 0 Å². The Balaban J connectivity index is 2.14. The summed E-state index contributed by atoms with van der Waals surface area (Å²) in [4.78, 5) is 4.51. The van der Waals surface area contributed by atoms with Crippen molar-refractivity contribution in [2.45, 2.75) is 9.79 Å². The van der Waals surface area contributed by atoms with Crippen molar-refractivity contribution in [1.29, 1.82) is 0 Å². The second kappa shape index (κ2) is 4.42. The van der Waals surface area contributed by atoms with Crippen LogP contribution in [0.2, 0.25) is 0 Å². The third kappa shape index (κ3) is 1.87. The van der Waals surface area contributed by atoms with E-state index < -0.39 is 0 Å². The molecule has 2 nitrogen and oxygen atoms in total. The summed E-state index contributed by atoms with van der Waals surface area (Å²) in [6.45, 7) is 4.03. The summed E-state index contributed by atoms with van der Waals surface area (Å²) in [5.41, 5.74) is 2.24. The van der Waals surface area contributed by atoms with Crippen LogP contribution in [0.5, 0.6) is 0 Å². The zero-order valence-electron chi connectivity index (χ0n) is 9.84. The van der Waals surface area contributed by atoms with Crippen LogP contribution in [0.4, 0.5) is 11.4 Å². The Kier molecular flexibility index (Phi) is 2.76. The number of hydrogen-bond donors (Lipinski definition) is 1. The highest BCUT2D eigenvalue weighted by atomic mass is 32.2. The molecule has 1 heterocycles.